The summed E-state index contributed by atoms with van der Waals surface area (Å²) < 4.78 is 5.39. The van der Waals surface area contributed by atoms with Gasteiger partial charge in [0.05, 0.1) is 24.5 Å². The number of morpholine rings is 1. The van der Waals surface area contributed by atoms with E-state index in [0.717, 1.165) is 96.1 Å². The van der Waals surface area contributed by atoms with Crippen LogP contribution in [-0.4, -0.2) is 95.5 Å². The van der Waals surface area contributed by atoms with Gasteiger partial charge in [0.15, 0.2) is 0 Å². The van der Waals surface area contributed by atoms with Crippen LogP contribution in [0.4, 0.5) is 0 Å². The molecule has 0 radical (unpaired) electrons. The summed E-state index contributed by atoms with van der Waals surface area (Å²) in [7, 11) is 0. The monoisotopic (exact) mass is 443 g/mol. The van der Waals surface area contributed by atoms with E-state index in [1.54, 1.807) is 6.20 Å². The van der Waals surface area contributed by atoms with Crippen molar-refractivity contribution in [2.75, 3.05) is 59.0 Å². The van der Waals surface area contributed by atoms with Crippen LogP contribution in [0.2, 0.25) is 0 Å². The highest BCUT2D eigenvalue weighted by Crippen LogP contribution is 2.26. The Labute approximate surface area is 191 Å². The Kier molecular flexibility index (Phi) is 8.08. The molecule has 3 aliphatic rings. The van der Waals surface area contributed by atoms with E-state index in [2.05, 4.69) is 9.88 Å². The minimum Gasteiger partial charge on any atom is -0.379 e. The van der Waals surface area contributed by atoms with Crippen LogP contribution in [0, 0.1) is 6.92 Å². The van der Waals surface area contributed by atoms with E-state index in [0.29, 0.717) is 18.5 Å². The Morgan fingerprint density at radius 1 is 1.03 bits per heavy atom. The van der Waals surface area contributed by atoms with Gasteiger partial charge in [-0.15, -0.1) is 0 Å². The molecule has 8 heteroatoms. The minimum absolute atomic E-state index is 0.0504. The van der Waals surface area contributed by atoms with E-state index in [-0.39, 0.29) is 17.7 Å². The molecule has 1 unspecified atom stereocenters. The van der Waals surface area contributed by atoms with Crippen molar-refractivity contribution in [2.45, 2.75) is 57.8 Å². The number of carbonyl (C=O) groups is 2. The summed E-state index contributed by atoms with van der Waals surface area (Å²) in [5.41, 5.74) is 1.36. The van der Waals surface area contributed by atoms with Crippen molar-refractivity contribution in [1.82, 2.24) is 24.7 Å². The molecule has 0 aromatic carbocycles. The predicted molar refractivity (Wildman–Crippen MR) is 122 cm³/mol. The molecule has 0 N–H and O–H groups in total. The van der Waals surface area contributed by atoms with Crippen LogP contribution in [0.5, 0.6) is 0 Å². The second kappa shape index (κ2) is 11.2. The predicted octanol–water partition coefficient (Wildman–Crippen LogP) is 2.23. The number of aromatic nitrogens is 2. The Balaban J connectivity index is 1.30. The number of hydrogen-bond donors (Lipinski definition) is 0. The summed E-state index contributed by atoms with van der Waals surface area (Å²) in [5, 5.41) is 0. The van der Waals surface area contributed by atoms with Gasteiger partial charge in [-0.2, -0.15) is 0 Å². The van der Waals surface area contributed by atoms with Gasteiger partial charge >= 0.3 is 0 Å². The number of carbonyl (C=O) groups excluding carboxylic acids is 2. The summed E-state index contributed by atoms with van der Waals surface area (Å²) in [6.45, 7) is 9.52. The van der Waals surface area contributed by atoms with Crippen molar-refractivity contribution in [3.63, 3.8) is 0 Å². The fraction of sp³-hybridized carbons (Fsp3) is 0.750. The molecule has 1 aromatic rings. The van der Waals surface area contributed by atoms with Crippen molar-refractivity contribution in [3.8, 4) is 0 Å². The molecular weight excluding hydrogens is 406 g/mol. The molecule has 1 aromatic heterocycles. The topological polar surface area (TPSA) is 78.9 Å². The van der Waals surface area contributed by atoms with Crippen LogP contribution in [0.3, 0.4) is 0 Å². The molecule has 8 nitrogen and oxygen atoms in total. The maximum atomic E-state index is 12.8. The molecule has 0 spiro atoms. The zero-order valence-corrected chi connectivity index (χ0v) is 19.4. The Bertz CT molecular complexity index is 790. The first-order valence-electron chi connectivity index (χ1n) is 12.3. The average Bonchev–Trinajstić information content (AvgIpc) is 2.85. The summed E-state index contributed by atoms with van der Waals surface area (Å²) in [5.74, 6) is 1.19. The molecule has 4 heterocycles. The SMILES string of the molecule is Cc1nc(C2CCCN(C(=O)CCCN3CCOCC3)C2)ncc1C(=O)N1CCCCC1. The number of likely N-dealkylation sites (tertiary alicyclic amines) is 2. The van der Waals surface area contributed by atoms with Crippen LogP contribution in [0.1, 0.15) is 72.7 Å². The molecular formula is C24H37N5O3. The molecule has 4 rings (SSSR count). The van der Waals surface area contributed by atoms with Crippen molar-refractivity contribution in [3.05, 3.63) is 23.3 Å². The lowest BCUT2D eigenvalue weighted by molar-refractivity contribution is -0.132. The van der Waals surface area contributed by atoms with Gasteiger partial charge < -0.3 is 14.5 Å². The van der Waals surface area contributed by atoms with E-state index in [4.69, 9.17) is 9.72 Å². The third kappa shape index (κ3) is 5.84. The van der Waals surface area contributed by atoms with Gasteiger partial charge in [-0.3, -0.25) is 14.5 Å². The molecule has 3 fully saturated rings. The normalized spacial score (nSPS) is 22.7. The Morgan fingerprint density at radius 3 is 2.53 bits per heavy atom. The van der Waals surface area contributed by atoms with Gasteiger partial charge in [0.2, 0.25) is 5.91 Å². The van der Waals surface area contributed by atoms with Gasteiger partial charge in [-0.25, -0.2) is 9.97 Å². The van der Waals surface area contributed by atoms with E-state index >= 15 is 0 Å². The van der Waals surface area contributed by atoms with Gasteiger partial charge in [0, 0.05) is 57.8 Å². The molecule has 0 bridgehead atoms. The summed E-state index contributed by atoms with van der Waals surface area (Å²) in [6, 6.07) is 0. The zero-order valence-electron chi connectivity index (χ0n) is 19.4. The largest absolute Gasteiger partial charge is 0.379 e. The Morgan fingerprint density at radius 2 is 1.78 bits per heavy atom. The second-order valence-corrected chi connectivity index (χ2v) is 9.32. The van der Waals surface area contributed by atoms with Crippen LogP contribution < -0.4 is 0 Å². The summed E-state index contributed by atoms with van der Waals surface area (Å²) in [6.07, 6.45) is 8.48. The lowest BCUT2D eigenvalue weighted by Crippen LogP contribution is -2.40. The third-order valence-electron chi connectivity index (χ3n) is 6.98. The first-order chi connectivity index (χ1) is 15.6. The molecule has 0 aliphatic carbocycles. The van der Waals surface area contributed by atoms with E-state index < -0.39 is 0 Å². The van der Waals surface area contributed by atoms with Crippen LogP contribution in [0.25, 0.3) is 0 Å². The third-order valence-corrected chi connectivity index (χ3v) is 6.98. The number of rotatable bonds is 6. The van der Waals surface area contributed by atoms with Crippen LogP contribution in [-0.2, 0) is 9.53 Å². The number of aryl methyl sites for hydroxylation is 1. The van der Waals surface area contributed by atoms with Gasteiger partial charge in [-0.1, -0.05) is 0 Å². The molecule has 0 saturated carbocycles. The van der Waals surface area contributed by atoms with Crippen molar-refractivity contribution in [1.29, 1.82) is 0 Å². The van der Waals surface area contributed by atoms with Gasteiger partial charge in [0.25, 0.3) is 5.91 Å². The average molecular weight is 444 g/mol. The van der Waals surface area contributed by atoms with Crippen molar-refractivity contribution >= 4 is 11.8 Å². The molecule has 3 aliphatic heterocycles. The highest BCUT2D eigenvalue weighted by atomic mass is 16.5. The molecule has 2 amide bonds. The molecule has 1 atom stereocenters. The first-order valence-corrected chi connectivity index (χ1v) is 12.3. The minimum atomic E-state index is 0.0504. The second-order valence-electron chi connectivity index (χ2n) is 9.32. The fourth-order valence-electron chi connectivity index (χ4n) is 5.01. The number of ether oxygens (including phenoxy) is 1. The van der Waals surface area contributed by atoms with E-state index in [9.17, 15) is 9.59 Å². The Hall–Kier alpha value is -2.06. The number of hydrogen-bond acceptors (Lipinski definition) is 6. The fourth-order valence-corrected chi connectivity index (χ4v) is 5.01. The summed E-state index contributed by atoms with van der Waals surface area (Å²) in [4.78, 5) is 41.2. The molecule has 3 saturated heterocycles. The maximum Gasteiger partial charge on any atom is 0.257 e. The van der Waals surface area contributed by atoms with Crippen LogP contribution in [0.15, 0.2) is 6.20 Å². The van der Waals surface area contributed by atoms with Crippen molar-refractivity contribution < 1.29 is 14.3 Å². The maximum absolute atomic E-state index is 12.8. The standard InChI is InChI=1S/C24H37N5O3/c1-19-21(24(31)28-10-3-2-4-11-28)17-25-23(26-19)20-7-5-12-29(18-20)22(30)8-6-9-27-13-15-32-16-14-27/h17,20H,2-16,18H2,1H3. The smallest absolute Gasteiger partial charge is 0.257 e. The highest BCUT2D eigenvalue weighted by molar-refractivity contribution is 5.95. The number of amides is 2. The quantitative estimate of drug-likeness (QED) is 0.671. The highest BCUT2D eigenvalue weighted by Gasteiger charge is 2.28. The number of nitrogens with zero attached hydrogens (tertiary/aromatic N) is 5. The van der Waals surface area contributed by atoms with Crippen molar-refractivity contribution in [2.24, 2.45) is 0 Å². The lowest BCUT2D eigenvalue weighted by Gasteiger charge is -2.33. The van der Waals surface area contributed by atoms with Crippen LogP contribution >= 0.6 is 0 Å². The molecule has 176 valence electrons. The summed E-state index contributed by atoms with van der Waals surface area (Å²) >= 11 is 0. The molecule has 32 heavy (non-hydrogen) atoms. The first kappa shape index (κ1) is 23.1. The zero-order chi connectivity index (χ0) is 22.3. The van der Waals surface area contributed by atoms with Gasteiger partial charge in [-0.05, 0) is 52.0 Å². The van der Waals surface area contributed by atoms with E-state index in [1.165, 1.54) is 6.42 Å². The van der Waals surface area contributed by atoms with Gasteiger partial charge in [0.1, 0.15) is 5.82 Å². The van der Waals surface area contributed by atoms with E-state index in [1.807, 2.05) is 16.7 Å². The lowest BCUT2D eigenvalue weighted by atomic mass is 9.96. The number of piperidine rings is 2.